The van der Waals surface area contributed by atoms with Gasteiger partial charge >= 0.3 is 0 Å². The standard InChI is InChI=1S/C54H40N2/c1-35-32-46(37-28-31-52-47(33-37)44-23-12-14-26-51(44)56(52)50-27-15-17-36-16-7-8-20-40(36)50)41-21-9-10-24-45(41)53(35)55(38-18-5-4-6-19-38)39-29-30-43-42-22-11-13-25-48(42)54(2,3)49(43)34-39/h4-34H,1-3H3. The SMILES string of the molecule is Cc1cc(-c2ccc3c(c2)c2ccccc2n3-c2cccc3ccccc23)c2ccccc2c1N(c1ccccc1)c1ccc2c(c1)C(C)(C)c1ccccc1-2. The summed E-state index contributed by atoms with van der Waals surface area (Å²) in [7, 11) is 0. The van der Waals surface area contributed by atoms with Gasteiger partial charge in [-0.1, -0.05) is 147 Å². The van der Waals surface area contributed by atoms with Crippen molar-refractivity contribution in [1.82, 2.24) is 4.57 Å². The highest BCUT2D eigenvalue weighted by Gasteiger charge is 2.36. The van der Waals surface area contributed by atoms with Crippen LogP contribution in [0.3, 0.4) is 0 Å². The fourth-order valence-electron chi connectivity index (χ4n) is 9.65. The predicted octanol–water partition coefficient (Wildman–Crippen LogP) is 14.8. The van der Waals surface area contributed by atoms with Crippen molar-refractivity contribution in [2.24, 2.45) is 0 Å². The molecule has 0 N–H and O–H groups in total. The topological polar surface area (TPSA) is 8.17 Å². The van der Waals surface area contributed by atoms with Gasteiger partial charge in [-0.3, -0.25) is 0 Å². The van der Waals surface area contributed by atoms with Gasteiger partial charge in [-0.2, -0.15) is 0 Å². The first kappa shape index (κ1) is 32.5. The second-order valence-electron chi connectivity index (χ2n) is 15.8. The van der Waals surface area contributed by atoms with E-state index in [1.54, 1.807) is 0 Å². The van der Waals surface area contributed by atoms with Crippen LogP contribution in [-0.2, 0) is 5.41 Å². The van der Waals surface area contributed by atoms with Crippen molar-refractivity contribution < 1.29 is 0 Å². The first-order chi connectivity index (χ1) is 27.5. The van der Waals surface area contributed by atoms with Gasteiger partial charge in [0.05, 0.1) is 22.4 Å². The summed E-state index contributed by atoms with van der Waals surface area (Å²) >= 11 is 0. The molecule has 0 bridgehead atoms. The summed E-state index contributed by atoms with van der Waals surface area (Å²) in [6, 6.07) is 69.4. The third-order valence-corrected chi connectivity index (χ3v) is 12.3. The monoisotopic (exact) mass is 716 g/mol. The average Bonchev–Trinajstić information content (AvgIpc) is 3.69. The number of hydrogen-bond donors (Lipinski definition) is 0. The minimum Gasteiger partial charge on any atom is -0.310 e. The lowest BCUT2D eigenvalue weighted by Gasteiger charge is -2.31. The second-order valence-corrected chi connectivity index (χ2v) is 15.8. The largest absolute Gasteiger partial charge is 0.310 e. The molecule has 2 heteroatoms. The Kier molecular flexibility index (Phi) is 7.15. The summed E-state index contributed by atoms with van der Waals surface area (Å²) in [6.45, 7) is 7.00. The lowest BCUT2D eigenvalue weighted by molar-refractivity contribution is 0.660. The number of aromatic nitrogens is 1. The molecule has 0 radical (unpaired) electrons. The summed E-state index contributed by atoms with van der Waals surface area (Å²) in [6.07, 6.45) is 0. The Balaban J connectivity index is 1.11. The molecule has 0 atom stereocenters. The molecule has 0 amide bonds. The van der Waals surface area contributed by atoms with Crippen LogP contribution in [-0.4, -0.2) is 4.57 Å². The van der Waals surface area contributed by atoms with E-state index in [0.29, 0.717) is 0 Å². The number of para-hydroxylation sites is 2. The molecule has 56 heavy (non-hydrogen) atoms. The Bertz CT molecular complexity index is 3180. The van der Waals surface area contributed by atoms with Crippen LogP contribution < -0.4 is 4.90 Å². The molecule has 1 heterocycles. The molecule has 11 rings (SSSR count). The van der Waals surface area contributed by atoms with Crippen LogP contribution in [0.25, 0.3) is 71.3 Å². The third kappa shape index (κ3) is 4.75. The van der Waals surface area contributed by atoms with E-state index in [1.165, 1.54) is 99.4 Å². The fourth-order valence-corrected chi connectivity index (χ4v) is 9.65. The first-order valence-corrected chi connectivity index (χ1v) is 19.6. The molecule has 10 aromatic rings. The number of aryl methyl sites for hydroxylation is 1. The summed E-state index contributed by atoms with van der Waals surface area (Å²) in [5.74, 6) is 0. The summed E-state index contributed by atoms with van der Waals surface area (Å²) in [4.78, 5) is 2.47. The van der Waals surface area contributed by atoms with Crippen LogP contribution in [0.15, 0.2) is 188 Å². The smallest absolute Gasteiger partial charge is 0.0569 e. The average molecular weight is 717 g/mol. The number of benzene rings is 9. The van der Waals surface area contributed by atoms with Gasteiger partial charge in [0, 0.05) is 38.3 Å². The zero-order chi connectivity index (χ0) is 37.5. The van der Waals surface area contributed by atoms with Crippen molar-refractivity contribution >= 4 is 60.4 Å². The zero-order valence-corrected chi connectivity index (χ0v) is 31.8. The van der Waals surface area contributed by atoms with Crippen LogP contribution in [0.4, 0.5) is 17.1 Å². The van der Waals surface area contributed by atoms with Crippen LogP contribution in [0.5, 0.6) is 0 Å². The van der Waals surface area contributed by atoms with E-state index in [9.17, 15) is 0 Å². The number of anilines is 3. The molecule has 0 saturated carbocycles. The molecule has 1 aliphatic rings. The first-order valence-electron chi connectivity index (χ1n) is 19.6. The molecule has 0 fully saturated rings. The van der Waals surface area contributed by atoms with E-state index < -0.39 is 0 Å². The van der Waals surface area contributed by atoms with Crippen LogP contribution >= 0.6 is 0 Å². The summed E-state index contributed by atoms with van der Waals surface area (Å²) < 4.78 is 2.44. The highest BCUT2D eigenvalue weighted by atomic mass is 15.1. The maximum Gasteiger partial charge on any atom is 0.0569 e. The molecular weight excluding hydrogens is 677 g/mol. The number of nitrogens with zero attached hydrogens (tertiary/aromatic N) is 2. The summed E-state index contributed by atoms with van der Waals surface area (Å²) in [5, 5.41) is 7.47. The molecule has 266 valence electrons. The molecule has 0 aliphatic heterocycles. The quantitative estimate of drug-likeness (QED) is 0.172. The fraction of sp³-hybridized carbons (Fsp3) is 0.0741. The minimum absolute atomic E-state index is 0.0966. The Morgan fingerprint density at radius 1 is 0.429 bits per heavy atom. The Labute approximate surface area is 327 Å². The lowest BCUT2D eigenvalue weighted by Crippen LogP contribution is -2.17. The normalized spacial score (nSPS) is 13.1. The van der Waals surface area contributed by atoms with Gasteiger partial charge in [-0.05, 0) is 111 Å². The number of fused-ring (bicyclic) bond motifs is 8. The lowest BCUT2D eigenvalue weighted by atomic mass is 9.82. The molecule has 1 aromatic heterocycles. The Morgan fingerprint density at radius 3 is 1.95 bits per heavy atom. The van der Waals surface area contributed by atoms with Crippen LogP contribution in [0.1, 0.15) is 30.5 Å². The number of hydrogen-bond acceptors (Lipinski definition) is 1. The molecule has 0 spiro atoms. The van der Waals surface area contributed by atoms with Crippen molar-refractivity contribution in [2.45, 2.75) is 26.2 Å². The van der Waals surface area contributed by atoms with E-state index in [2.05, 4.69) is 218 Å². The maximum atomic E-state index is 2.47. The second kappa shape index (κ2) is 12.3. The van der Waals surface area contributed by atoms with Gasteiger partial charge in [-0.25, -0.2) is 0 Å². The van der Waals surface area contributed by atoms with Crippen LogP contribution in [0.2, 0.25) is 0 Å². The third-order valence-electron chi connectivity index (χ3n) is 12.3. The molecule has 0 saturated heterocycles. The highest BCUT2D eigenvalue weighted by Crippen LogP contribution is 2.52. The van der Waals surface area contributed by atoms with Gasteiger partial charge in [-0.15, -0.1) is 0 Å². The predicted molar refractivity (Wildman–Crippen MR) is 238 cm³/mol. The molecule has 1 aliphatic carbocycles. The maximum absolute atomic E-state index is 2.47. The molecular formula is C54H40N2. The number of rotatable bonds is 5. The van der Waals surface area contributed by atoms with Gasteiger partial charge in [0.1, 0.15) is 0 Å². The van der Waals surface area contributed by atoms with Gasteiger partial charge in [0.25, 0.3) is 0 Å². The van der Waals surface area contributed by atoms with Crippen LogP contribution in [0, 0.1) is 6.92 Å². The van der Waals surface area contributed by atoms with E-state index in [4.69, 9.17) is 0 Å². The van der Waals surface area contributed by atoms with E-state index in [-0.39, 0.29) is 5.41 Å². The molecule has 0 unspecified atom stereocenters. The van der Waals surface area contributed by atoms with Crippen molar-refractivity contribution in [3.05, 3.63) is 205 Å². The Morgan fingerprint density at radius 2 is 1.09 bits per heavy atom. The van der Waals surface area contributed by atoms with E-state index in [1.807, 2.05) is 0 Å². The van der Waals surface area contributed by atoms with Gasteiger partial charge in [0.15, 0.2) is 0 Å². The highest BCUT2D eigenvalue weighted by molar-refractivity contribution is 6.14. The van der Waals surface area contributed by atoms with Crippen molar-refractivity contribution in [2.75, 3.05) is 4.90 Å². The van der Waals surface area contributed by atoms with Crippen molar-refractivity contribution in [3.63, 3.8) is 0 Å². The van der Waals surface area contributed by atoms with Gasteiger partial charge < -0.3 is 9.47 Å². The van der Waals surface area contributed by atoms with E-state index >= 15 is 0 Å². The Hall–Kier alpha value is -6.90. The van der Waals surface area contributed by atoms with Crippen molar-refractivity contribution in [1.29, 1.82) is 0 Å². The molecule has 2 nitrogen and oxygen atoms in total. The van der Waals surface area contributed by atoms with Crippen molar-refractivity contribution in [3.8, 4) is 27.9 Å². The summed E-state index contributed by atoms with van der Waals surface area (Å²) in [5.41, 5.74) is 16.2. The minimum atomic E-state index is -0.0966. The van der Waals surface area contributed by atoms with Gasteiger partial charge in [0.2, 0.25) is 0 Å². The molecule has 9 aromatic carbocycles. The van der Waals surface area contributed by atoms with E-state index in [0.717, 1.165) is 5.69 Å². The zero-order valence-electron chi connectivity index (χ0n) is 31.8.